The van der Waals surface area contributed by atoms with E-state index in [4.69, 9.17) is 10.5 Å². The second-order valence-electron chi connectivity index (χ2n) is 5.14. The minimum absolute atomic E-state index is 0.0358. The molecule has 0 aromatic heterocycles. The van der Waals surface area contributed by atoms with Crippen LogP contribution in [-0.4, -0.2) is 7.11 Å². The van der Waals surface area contributed by atoms with Gasteiger partial charge in [-0.3, -0.25) is 0 Å². The highest BCUT2D eigenvalue weighted by Crippen LogP contribution is 2.19. The fourth-order valence-corrected chi connectivity index (χ4v) is 1.42. The first-order valence-corrected chi connectivity index (χ1v) is 5.82. The van der Waals surface area contributed by atoms with Gasteiger partial charge in [-0.05, 0) is 38.5 Å². The highest BCUT2D eigenvalue weighted by atomic mass is 16.5. The molecule has 2 N–H and O–H groups in total. The lowest BCUT2D eigenvalue weighted by Gasteiger charge is -2.11. The lowest BCUT2D eigenvalue weighted by atomic mass is 9.97. The van der Waals surface area contributed by atoms with Crippen LogP contribution in [0.25, 0.3) is 0 Å². The Labute approximate surface area is 104 Å². The summed E-state index contributed by atoms with van der Waals surface area (Å²) in [5, 5.41) is 0. The summed E-state index contributed by atoms with van der Waals surface area (Å²) in [5.74, 6) is 7.17. The van der Waals surface area contributed by atoms with Gasteiger partial charge in [-0.2, -0.15) is 0 Å². The molecule has 2 heteroatoms. The summed E-state index contributed by atoms with van der Waals surface area (Å²) in [6.07, 6.45) is 0.671. The van der Waals surface area contributed by atoms with E-state index < -0.39 is 0 Å². The van der Waals surface area contributed by atoms with Gasteiger partial charge in [0.25, 0.3) is 0 Å². The highest BCUT2D eigenvalue weighted by Gasteiger charge is 2.07. The number of hydrogen-bond donors (Lipinski definition) is 1. The van der Waals surface area contributed by atoms with Crippen LogP contribution in [0.15, 0.2) is 24.3 Å². The predicted octanol–water partition coefficient (Wildman–Crippen LogP) is 3.13. The van der Waals surface area contributed by atoms with Gasteiger partial charge in [0, 0.05) is 17.9 Å². The van der Waals surface area contributed by atoms with Gasteiger partial charge in [0.2, 0.25) is 0 Å². The summed E-state index contributed by atoms with van der Waals surface area (Å²) >= 11 is 0. The number of hydrogen-bond acceptors (Lipinski definition) is 2. The molecule has 0 saturated carbocycles. The highest BCUT2D eigenvalue weighted by molar-refractivity contribution is 5.31. The fraction of sp³-hybridized carbons (Fsp3) is 0.467. The van der Waals surface area contributed by atoms with Crippen molar-refractivity contribution in [2.45, 2.75) is 33.2 Å². The van der Waals surface area contributed by atoms with Crippen LogP contribution in [0.1, 0.15) is 38.8 Å². The third kappa shape index (κ3) is 4.93. The van der Waals surface area contributed by atoms with Crippen molar-refractivity contribution >= 4 is 0 Å². The lowest BCUT2D eigenvalue weighted by Crippen LogP contribution is -2.09. The van der Waals surface area contributed by atoms with Gasteiger partial charge >= 0.3 is 0 Å². The van der Waals surface area contributed by atoms with Crippen molar-refractivity contribution in [2.24, 2.45) is 11.1 Å². The Morgan fingerprint density at radius 1 is 1.35 bits per heavy atom. The quantitative estimate of drug-likeness (QED) is 0.811. The van der Waals surface area contributed by atoms with Crippen molar-refractivity contribution in [3.8, 4) is 17.6 Å². The summed E-state index contributed by atoms with van der Waals surface area (Å²) in [5.41, 5.74) is 7.19. The molecule has 2 nitrogen and oxygen atoms in total. The minimum Gasteiger partial charge on any atom is -0.497 e. The molecule has 0 aliphatic rings. The van der Waals surface area contributed by atoms with Crippen LogP contribution in [0.2, 0.25) is 0 Å². The van der Waals surface area contributed by atoms with Gasteiger partial charge in [-0.1, -0.05) is 18.1 Å². The molecule has 92 valence electrons. The Balaban J connectivity index is 2.69. The van der Waals surface area contributed by atoms with E-state index in [1.54, 1.807) is 7.11 Å². The molecule has 0 saturated heterocycles. The molecule has 0 aliphatic heterocycles. The topological polar surface area (TPSA) is 35.2 Å². The van der Waals surface area contributed by atoms with Crippen LogP contribution >= 0.6 is 0 Å². The third-order valence-corrected chi connectivity index (χ3v) is 2.31. The maximum Gasteiger partial charge on any atom is 0.119 e. The van der Waals surface area contributed by atoms with E-state index in [0.29, 0.717) is 6.42 Å². The molecule has 1 aromatic rings. The maximum atomic E-state index is 6.09. The molecule has 0 aliphatic carbocycles. The molecule has 0 amide bonds. The van der Waals surface area contributed by atoms with E-state index in [-0.39, 0.29) is 11.5 Å². The van der Waals surface area contributed by atoms with Crippen LogP contribution in [0.5, 0.6) is 5.75 Å². The second-order valence-corrected chi connectivity index (χ2v) is 5.14. The Bertz CT molecular complexity index is 421. The number of rotatable bonds is 3. The average molecular weight is 231 g/mol. The SMILES string of the molecule is COc1cccc(C(N)CC#CC(C)(C)C)c1. The molecular formula is C15H21NO. The molecule has 1 unspecified atom stereocenters. The Morgan fingerprint density at radius 2 is 2.06 bits per heavy atom. The molecule has 0 heterocycles. The average Bonchev–Trinajstić information content (AvgIpc) is 2.27. The number of methoxy groups -OCH3 is 1. The predicted molar refractivity (Wildman–Crippen MR) is 71.8 cm³/mol. The van der Waals surface area contributed by atoms with Gasteiger partial charge in [-0.25, -0.2) is 0 Å². The number of ether oxygens (including phenoxy) is 1. The van der Waals surface area contributed by atoms with Gasteiger partial charge in [0.1, 0.15) is 5.75 Å². The van der Waals surface area contributed by atoms with Crippen molar-refractivity contribution in [3.63, 3.8) is 0 Å². The van der Waals surface area contributed by atoms with E-state index in [9.17, 15) is 0 Å². The molecule has 0 radical (unpaired) electrons. The van der Waals surface area contributed by atoms with Crippen molar-refractivity contribution in [3.05, 3.63) is 29.8 Å². The van der Waals surface area contributed by atoms with Crippen LogP contribution in [0.4, 0.5) is 0 Å². The van der Waals surface area contributed by atoms with Crippen LogP contribution in [0, 0.1) is 17.3 Å². The molecule has 0 fully saturated rings. The maximum absolute atomic E-state index is 6.09. The zero-order chi connectivity index (χ0) is 12.9. The lowest BCUT2D eigenvalue weighted by molar-refractivity contribution is 0.414. The molecule has 1 aromatic carbocycles. The zero-order valence-corrected chi connectivity index (χ0v) is 11.1. The molecule has 1 atom stereocenters. The molecule has 17 heavy (non-hydrogen) atoms. The van der Waals surface area contributed by atoms with Crippen molar-refractivity contribution in [2.75, 3.05) is 7.11 Å². The molecule has 0 spiro atoms. The van der Waals surface area contributed by atoms with E-state index in [1.807, 2.05) is 24.3 Å². The number of benzene rings is 1. The summed E-state index contributed by atoms with van der Waals surface area (Å²) in [6, 6.07) is 7.78. The summed E-state index contributed by atoms with van der Waals surface area (Å²) in [6.45, 7) is 6.28. The van der Waals surface area contributed by atoms with Gasteiger partial charge in [-0.15, -0.1) is 5.92 Å². The van der Waals surface area contributed by atoms with Crippen molar-refractivity contribution in [1.29, 1.82) is 0 Å². The van der Waals surface area contributed by atoms with Crippen LogP contribution in [-0.2, 0) is 0 Å². The Kier molecular flexibility index (Phi) is 4.60. The largest absolute Gasteiger partial charge is 0.497 e. The molecule has 0 bridgehead atoms. The van der Waals surface area contributed by atoms with Gasteiger partial charge < -0.3 is 10.5 Å². The van der Waals surface area contributed by atoms with Crippen molar-refractivity contribution < 1.29 is 4.74 Å². The Morgan fingerprint density at radius 3 is 2.65 bits per heavy atom. The smallest absolute Gasteiger partial charge is 0.119 e. The van der Waals surface area contributed by atoms with E-state index in [2.05, 4.69) is 32.6 Å². The van der Waals surface area contributed by atoms with E-state index in [0.717, 1.165) is 11.3 Å². The summed E-state index contributed by atoms with van der Waals surface area (Å²) < 4.78 is 5.17. The standard InChI is InChI=1S/C15H21NO/c1-15(2,3)10-6-9-14(16)12-7-5-8-13(11-12)17-4/h5,7-8,11,14H,9,16H2,1-4H3. The fourth-order valence-electron chi connectivity index (χ4n) is 1.42. The first-order chi connectivity index (χ1) is 7.92. The second kappa shape index (κ2) is 5.75. The van der Waals surface area contributed by atoms with Crippen molar-refractivity contribution in [1.82, 2.24) is 0 Å². The summed E-state index contributed by atoms with van der Waals surface area (Å²) in [4.78, 5) is 0. The monoisotopic (exact) mass is 231 g/mol. The first-order valence-electron chi connectivity index (χ1n) is 5.82. The number of nitrogens with two attached hydrogens (primary N) is 1. The molecule has 1 rings (SSSR count). The van der Waals surface area contributed by atoms with Gasteiger partial charge in [0.15, 0.2) is 0 Å². The van der Waals surface area contributed by atoms with E-state index >= 15 is 0 Å². The zero-order valence-electron chi connectivity index (χ0n) is 11.1. The molecular weight excluding hydrogens is 210 g/mol. The van der Waals surface area contributed by atoms with E-state index in [1.165, 1.54) is 0 Å². The third-order valence-electron chi connectivity index (χ3n) is 2.31. The van der Waals surface area contributed by atoms with Gasteiger partial charge in [0.05, 0.1) is 7.11 Å². The van der Waals surface area contributed by atoms with Crippen LogP contribution in [0.3, 0.4) is 0 Å². The summed E-state index contributed by atoms with van der Waals surface area (Å²) in [7, 11) is 1.66. The first kappa shape index (κ1) is 13.6. The Hall–Kier alpha value is -1.46. The minimum atomic E-state index is -0.0556. The van der Waals surface area contributed by atoms with Crippen LogP contribution < -0.4 is 10.5 Å². The normalized spacial score (nSPS) is 12.5.